The highest BCUT2D eigenvalue weighted by atomic mass is 16.3. The summed E-state index contributed by atoms with van der Waals surface area (Å²) in [4.78, 5) is 0. The predicted octanol–water partition coefficient (Wildman–Crippen LogP) is 2.08. The van der Waals surface area contributed by atoms with Gasteiger partial charge in [0.25, 0.3) is 0 Å². The number of benzene rings is 1. The molecular formula is C13H14O. The molecule has 0 unspecified atom stereocenters. The second kappa shape index (κ2) is 3.48. The molecule has 1 nitrogen and oxygen atoms in total. The Labute approximate surface area is 84.8 Å². The van der Waals surface area contributed by atoms with Gasteiger partial charge in [0, 0.05) is 11.0 Å². The van der Waals surface area contributed by atoms with E-state index in [0.29, 0.717) is 0 Å². The summed E-state index contributed by atoms with van der Waals surface area (Å²) in [6, 6.07) is 7.99. The zero-order chi connectivity index (χ0) is 10.0. The van der Waals surface area contributed by atoms with Crippen LogP contribution in [0.4, 0.5) is 0 Å². The molecule has 14 heavy (non-hydrogen) atoms. The molecule has 0 aliphatic heterocycles. The Morgan fingerprint density at radius 2 is 2.21 bits per heavy atom. The Balaban J connectivity index is 2.36. The number of terminal acetylenes is 1. The number of hydrogen-bond donors (Lipinski definition) is 1. The average molecular weight is 186 g/mol. The summed E-state index contributed by atoms with van der Waals surface area (Å²) in [7, 11) is 0. The van der Waals surface area contributed by atoms with Gasteiger partial charge in [-0.1, -0.05) is 24.5 Å². The average Bonchev–Trinajstić information content (AvgIpc) is 2.18. The van der Waals surface area contributed by atoms with E-state index in [0.717, 1.165) is 18.4 Å². The quantitative estimate of drug-likeness (QED) is 0.701. The molecule has 1 aliphatic rings. The predicted molar refractivity (Wildman–Crippen MR) is 57.0 cm³/mol. The van der Waals surface area contributed by atoms with Gasteiger partial charge >= 0.3 is 0 Å². The van der Waals surface area contributed by atoms with Crippen molar-refractivity contribution in [3.8, 4) is 12.3 Å². The second-order valence-electron chi connectivity index (χ2n) is 4.02. The number of aliphatic hydroxyl groups is 1. The highest BCUT2D eigenvalue weighted by Crippen LogP contribution is 2.43. The van der Waals surface area contributed by atoms with Gasteiger partial charge in [-0.3, -0.25) is 0 Å². The van der Waals surface area contributed by atoms with Gasteiger partial charge in [0.1, 0.15) is 0 Å². The standard InChI is InChI=1S/C13H14O/c1-2-11-5-3-6-12(9-11)13(10-14)7-4-8-13/h1,3,5-6,9,14H,4,7-8,10H2. The molecule has 0 amide bonds. The smallest absolute Gasteiger partial charge is 0.0527 e. The Bertz CT molecular complexity index is 364. The van der Waals surface area contributed by atoms with Crippen LogP contribution in [0.5, 0.6) is 0 Å². The molecule has 0 atom stereocenters. The van der Waals surface area contributed by atoms with E-state index >= 15 is 0 Å². The fourth-order valence-electron chi connectivity index (χ4n) is 2.08. The molecule has 1 aromatic carbocycles. The first kappa shape index (κ1) is 9.30. The maximum atomic E-state index is 9.40. The van der Waals surface area contributed by atoms with Crippen molar-refractivity contribution >= 4 is 0 Å². The molecule has 1 N–H and O–H groups in total. The topological polar surface area (TPSA) is 20.2 Å². The summed E-state index contributed by atoms with van der Waals surface area (Å²) in [5.74, 6) is 2.63. The largest absolute Gasteiger partial charge is 0.395 e. The number of rotatable bonds is 2. The molecule has 1 saturated carbocycles. The molecule has 0 heterocycles. The van der Waals surface area contributed by atoms with Gasteiger partial charge in [-0.2, -0.15) is 0 Å². The van der Waals surface area contributed by atoms with Crippen molar-refractivity contribution in [2.75, 3.05) is 6.61 Å². The first-order valence-electron chi connectivity index (χ1n) is 4.99. The van der Waals surface area contributed by atoms with Crippen molar-refractivity contribution in [2.24, 2.45) is 0 Å². The summed E-state index contributed by atoms with van der Waals surface area (Å²) in [6.07, 6.45) is 8.72. The lowest BCUT2D eigenvalue weighted by Gasteiger charge is -2.40. The molecule has 1 heteroatoms. The van der Waals surface area contributed by atoms with Gasteiger partial charge in [-0.15, -0.1) is 6.42 Å². The first-order valence-corrected chi connectivity index (χ1v) is 4.99. The first-order chi connectivity index (χ1) is 6.80. The second-order valence-corrected chi connectivity index (χ2v) is 4.02. The van der Waals surface area contributed by atoms with Gasteiger partial charge in [-0.05, 0) is 30.5 Å². The van der Waals surface area contributed by atoms with E-state index in [1.807, 2.05) is 18.2 Å². The van der Waals surface area contributed by atoms with E-state index in [-0.39, 0.29) is 12.0 Å². The molecule has 0 saturated heterocycles. The normalized spacial score (nSPS) is 18.3. The lowest BCUT2D eigenvalue weighted by Crippen LogP contribution is -2.37. The molecule has 0 aromatic heterocycles. The maximum absolute atomic E-state index is 9.40. The third kappa shape index (κ3) is 1.32. The highest BCUT2D eigenvalue weighted by Gasteiger charge is 2.37. The molecule has 1 fully saturated rings. The van der Waals surface area contributed by atoms with E-state index in [1.54, 1.807) is 0 Å². The zero-order valence-electron chi connectivity index (χ0n) is 8.16. The van der Waals surface area contributed by atoms with Gasteiger partial charge in [0.15, 0.2) is 0 Å². The van der Waals surface area contributed by atoms with E-state index in [1.165, 1.54) is 12.0 Å². The minimum atomic E-state index is 0.00681. The van der Waals surface area contributed by atoms with E-state index < -0.39 is 0 Å². The minimum Gasteiger partial charge on any atom is -0.395 e. The van der Waals surface area contributed by atoms with Gasteiger partial charge in [0.2, 0.25) is 0 Å². The van der Waals surface area contributed by atoms with Crippen molar-refractivity contribution in [3.05, 3.63) is 35.4 Å². The zero-order valence-corrected chi connectivity index (χ0v) is 8.16. The van der Waals surface area contributed by atoms with Crippen LogP contribution in [0, 0.1) is 12.3 Å². The van der Waals surface area contributed by atoms with Crippen molar-refractivity contribution in [3.63, 3.8) is 0 Å². The molecule has 2 rings (SSSR count). The summed E-state index contributed by atoms with van der Waals surface area (Å²) < 4.78 is 0. The fourth-order valence-corrected chi connectivity index (χ4v) is 2.08. The third-order valence-corrected chi connectivity index (χ3v) is 3.25. The van der Waals surface area contributed by atoms with Crippen LogP contribution < -0.4 is 0 Å². The highest BCUT2D eigenvalue weighted by molar-refractivity contribution is 5.39. The molecule has 0 spiro atoms. The Morgan fingerprint density at radius 3 is 2.71 bits per heavy atom. The van der Waals surface area contributed by atoms with Crippen LogP contribution in [-0.2, 0) is 5.41 Å². The third-order valence-electron chi connectivity index (χ3n) is 3.25. The molecule has 0 radical (unpaired) electrons. The summed E-state index contributed by atoms with van der Waals surface area (Å²) >= 11 is 0. The van der Waals surface area contributed by atoms with Crippen molar-refractivity contribution in [1.82, 2.24) is 0 Å². The van der Waals surface area contributed by atoms with Crippen LogP contribution in [-0.4, -0.2) is 11.7 Å². The molecule has 1 aromatic rings. The molecule has 0 bridgehead atoms. The minimum absolute atomic E-state index is 0.00681. The maximum Gasteiger partial charge on any atom is 0.0527 e. The van der Waals surface area contributed by atoms with Crippen molar-refractivity contribution in [1.29, 1.82) is 0 Å². The van der Waals surface area contributed by atoms with E-state index in [9.17, 15) is 5.11 Å². The lowest BCUT2D eigenvalue weighted by molar-refractivity contribution is 0.120. The van der Waals surface area contributed by atoms with Crippen LogP contribution >= 0.6 is 0 Å². The van der Waals surface area contributed by atoms with Crippen LogP contribution in [0.1, 0.15) is 30.4 Å². The van der Waals surface area contributed by atoms with Crippen molar-refractivity contribution in [2.45, 2.75) is 24.7 Å². The summed E-state index contributed by atoms with van der Waals surface area (Å²) in [6.45, 7) is 0.237. The Morgan fingerprint density at radius 1 is 1.43 bits per heavy atom. The summed E-state index contributed by atoms with van der Waals surface area (Å²) in [5, 5.41) is 9.40. The van der Waals surface area contributed by atoms with Crippen LogP contribution in [0.2, 0.25) is 0 Å². The SMILES string of the molecule is C#Cc1cccc(C2(CO)CCC2)c1. The summed E-state index contributed by atoms with van der Waals surface area (Å²) in [5.41, 5.74) is 2.11. The van der Waals surface area contributed by atoms with Crippen LogP contribution in [0.25, 0.3) is 0 Å². The molecule has 1 aliphatic carbocycles. The van der Waals surface area contributed by atoms with Gasteiger partial charge in [0.05, 0.1) is 6.61 Å². The Kier molecular flexibility index (Phi) is 2.31. The molecular weight excluding hydrogens is 172 g/mol. The number of aliphatic hydroxyl groups excluding tert-OH is 1. The Hall–Kier alpha value is -1.26. The van der Waals surface area contributed by atoms with E-state index in [4.69, 9.17) is 6.42 Å². The molecule has 72 valence electrons. The van der Waals surface area contributed by atoms with Crippen LogP contribution in [0.15, 0.2) is 24.3 Å². The number of hydrogen-bond acceptors (Lipinski definition) is 1. The van der Waals surface area contributed by atoms with Crippen LogP contribution in [0.3, 0.4) is 0 Å². The van der Waals surface area contributed by atoms with Gasteiger partial charge < -0.3 is 5.11 Å². The van der Waals surface area contributed by atoms with Gasteiger partial charge in [-0.25, -0.2) is 0 Å². The fraction of sp³-hybridized carbons (Fsp3) is 0.385. The monoisotopic (exact) mass is 186 g/mol. The lowest BCUT2D eigenvalue weighted by atomic mass is 9.65. The van der Waals surface area contributed by atoms with E-state index in [2.05, 4.69) is 12.0 Å². The van der Waals surface area contributed by atoms with Crippen molar-refractivity contribution < 1.29 is 5.11 Å².